The van der Waals surface area contributed by atoms with E-state index in [2.05, 4.69) is 44.4 Å². The average Bonchev–Trinajstić information content (AvgIpc) is 2.66. The number of aliphatic carboxylic acids is 1. The van der Waals surface area contributed by atoms with Crippen LogP contribution in [-0.4, -0.2) is 20.6 Å². The molecule has 0 radical (unpaired) electrons. The van der Waals surface area contributed by atoms with Gasteiger partial charge >= 0.3 is 5.97 Å². The lowest BCUT2D eigenvalue weighted by Gasteiger charge is -2.10. The van der Waals surface area contributed by atoms with Gasteiger partial charge in [0.25, 0.3) is 0 Å². The minimum atomic E-state index is -0.739. The van der Waals surface area contributed by atoms with Crippen LogP contribution in [0.25, 0.3) is 11.0 Å². The lowest BCUT2D eigenvalue weighted by molar-refractivity contribution is -0.137. The van der Waals surface area contributed by atoms with E-state index in [1.54, 1.807) is 0 Å². The second-order valence-corrected chi connectivity index (χ2v) is 6.20. The van der Waals surface area contributed by atoms with Gasteiger partial charge in [0, 0.05) is 19.4 Å². The minimum absolute atomic E-state index is 0.200. The quantitative estimate of drug-likeness (QED) is 0.881. The molecule has 0 bridgehead atoms. The molecule has 0 aliphatic heterocycles. The van der Waals surface area contributed by atoms with Crippen LogP contribution in [0, 0.1) is 19.8 Å². The van der Waals surface area contributed by atoms with E-state index in [-0.39, 0.29) is 6.42 Å². The van der Waals surface area contributed by atoms with Gasteiger partial charge in [0.1, 0.15) is 5.82 Å². The van der Waals surface area contributed by atoms with Gasteiger partial charge in [-0.1, -0.05) is 13.8 Å². The van der Waals surface area contributed by atoms with E-state index in [4.69, 9.17) is 10.1 Å². The van der Waals surface area contributed by atoms with Crippen molar-refractivity contribution in [3.05, 3.63) is 29.1 Å². The highest BCUT2D eigenvalue weighted by molar-refractivity contribution is 5.78. The Kier molecular flexibility index (Phi) is 4.66. The summed E-state index contributed by atoms with van der Waals surface area (Å²) in [6.45, 7) is 9.27. The van der Waals surface area contributed by atoms with Crippen molar-refractivity contribution < 1.29 is 9.90 Å². The van der Waals surface area contributed by atoms with E-state index in [9.17, 15) is 4.79 Å². The maximum Gasteiger partial charge on any atom is 0.303 e. The van der Waals surface area contributed by atoms with Gasteiger partial charge in [0.05, 0.1) is 11.0 Å². The van der Waals surface area contributed by atoms with Crippen LogP contribution < -0.4 is 0 Å². The third-order valence-electron chi connectivity index (χ3n) is 3.81. The first-order chi connectivity index (χ1) is 9.88. The molecule has 0 fully saturated rings. The van der Waals surface area contributed by atoms with Gasteiger partial charge in [-0.2, -0.15) is 0 Å². The van der Waals surface area contributed by atoms with Crippen molar-refractivity contribution in [2.24, 2.45) is 5.92 Å². The lowest BCUT2D eigenvalue weighted by atomic mass is 10.1. The fraction of sp³-hybridized carbons (Fsp3) is 0.529. The summed E-state index contributed by atoms with van der Waals surface area (Å²) in [5.74, 6) is 0.856. The number of rotatable bonds is 6. The van der Waals surface area contributed by atoms with Gasteiger partial charge in [-0.25, -0.2) is 4.98 Å². The van der Waals surface area contributed by atoms with E-state index in [0.29, 0.717) is 18.9 Å². The highest BCUT2D eigenvalue weighted by Crippen LogP contribution is 2.23. The Bertz CT molecular complexity index is 656. The molecule has 0 aliphatic carbocycles. The van der Waals surface area contributed by atoms with Crippen molar-refractivity contribution >= 4 is 17.0 Å². The zero-order valence-corrected chi connectivity index (χ0v) is 13.3. The van der Waals surface area contributed by atoms with E-state index >= 15 is 0 Å². The smallest absolute Gasteiger partial charge is 0.303 e. The number of carboxylic acids is 1. The third-order valence-corrected chi connectivity index (χ3v) is 3.81. The van der Waals surface area contributed by atoms with Crippen LogP contribution in [0.1, 0.15) is 43.6 Å². The molecule has 1 aromatic carbocycles. The monoisotopic (exact) mass is 288 g/mol. The Hall–Kier alpha value is -1.84. The average molecular weight is 288 g/mol. The molecular formula is C17H24N2O2. The lowest BCUT2D eigenvalue weighted by Crippen LogP contribution is -2.08. The molecule has 1 N–H and O–H groups in total. The zero-order chi connectivity index (χ0) is 15.6. The van der Waals surface area contributed by atoms with Gasteiger partial charge in [0.2, 0.25) is 0 Å². The Balaban J connectivity index is 2.41. The number of hydrogen-bond acceptors (Lipinski definition) is 2. The molecule has 0 aliphatic rings. The molecule has 1 aromatic heterocycles. The summed E-state index contributed by atoms with van der Waals surface area (Å²) in [6.07, 6.45) is 1.75. The molecule has 114 valence electrons. The summed E-state index contributed by atoms with van der Waals surface area (Å²) < 4.78 is 2.20. The van der Waals surface area contributed by atoms with Crippen molar-refractivity contribution in [3.8, 4) is 0 Å². The SMILES string of the molecule is Cc1cc2nc(CC(C)C)n(CCCC(=O)O)c2cc1C. The van der Waals surface area contributed by atoms with Crippen molar-refractivity contribution in [1.29, 1.82) is 0 Å². The van der Waals surface area contributed by atoms with Crippen molar-refractivity contribution in [1.82, 2.24) is 9.55 Å². The van der Waals surface area contributed by atoms with Crippen LogP contribution >= 0.6 is 0 Å². The topological polar surface area (TPSA) is 55.1 Å². The highest BCUT2D eigenvalue weighted by atomic mass is 16.4. The maximum absolute atomic E-state index is 10.7. The summed E-state index contributed by atoms with van der Waals surface area (Å²) >= 11 is 0. The number of benzene rings is 1. The molecule has 0 unspecified atom stereocenters. The highest BCUT2D eigenvalue weighted by Gasteiger charge is 2.13. The van der Waals surface area contributed by atoms with Crippen LogP contribution in [0.3, 0.4) is 0 Å². The molecular weight excluding hydrogens is 264 g/mol. The zero-order valence-electron chi connectivity index (χ0n) is 13.3. The van der Waals surface area contributed by atoms with Crippen molar-refractivity contribution in [2.45, 2.75) is 53.5 Å². The fourth-order valence-electron chi connectivity index (χ4n) is 2.59. The molecule has 2 aromatic rings. The summed E-state index contributed by atoms with van der Waals surface area (Å²) in [6, 6.07) is 4.30. The second kappa shape index (κ2) is 6.29. The molecule has 1 heterocycles. The number of imidazole rings is 1. The van der Waals surface area contributed by atoms with Crippen LogP contribution in [0.5, 0.6) is 0 Å². The molecule has 21 heavy (non-hydrogen) atoms. The van der Waals surface area contributed by atoms with E-state index in [1.165, 1.54) is 11.1 Å². The molecule has 2 rings (SSSR count). The van der Waals surface area contributed by atoms with Crippen molar-refractivity contribution in [3.63, 3.8) is 0 Å². The molecule has 0 amide bonds. The first-order valence-corrected chi connectivity index (χ1v) is 7.56. The number of hydrogen-bond donors (Lipinski definition) is 1. The predicted molar refractivity (Wildman–Crippen MR) is 84.6 cm³/mol. The number of nitrogens with zero attached hydrogens (tertiary/aromatic N) is 2. The fourth-order valence-corrected chi connectivity index (χ4v) is 2.59. The molecule has 0 atom stereocenters. The summed E-state index contributed by atoms with van der Waals surface area (Å²) in [5.41, 5.74) is 4.63. The Morgan fingerprint density at radius 2 is 1.95 bits per heavy atom. The van der Waals surface area contributed by atoms with E-state index < -0.39 is 5.97 Å². The van der Waals surface area contributed by atoms with Gasteiger partial charge in [0.15, 0.2) is 0 Å². The van der Waals surface area contributed by atoms with E-state index in [0.717, 1.165) is 23.3 Å². The summed E-state index contributed by atoms with van der Waals surface area (Å²) in [5, 5.41) is 8.83. The number of carbonyl (C=O) groups is 1. The first-order valence-electron chi connectivity index (χ1n) is 7.56. The number of aromatic nitrogens is 2. The van der Waals surface area contributed by atoms with Crippen LogP contribution in [0.2, 0.25) is 0 Å². The largest absolute Gasteiger partial charge is 0.481 e. The molecule has 0 saturated carbocycles. The van der Waals surface area contributed by atoms with Gasteiger partial charge in [-0.3, -0.25) is 4.79 Å². The number of fused-ring (bicyclic) bond motifs is 1. The third kappa shape index (κ3) is 3.63. The standard InChI is InChI=1S/C17H24N2O2/c1-11(2)8-16-18-14-9-12(3)13(4)10-15(14)19(16)7-5-6-17(20)21/h9-11H,5-8H2,1-4H3,(H,20,21). The Labute approximate surface area is 125 Å². The number of aryl methyl sites for hydroxylation is 3. The van der Waals surface area contributed by atoms with Crippen LogP contribution in [0.4, 0.5) is 0 Å². The first kappa shape index (κ1) is 15.5. The Morgan fingerprint density at radius 3 is 2.57 bits per heavy atom. The van der Waals surface area contributed by atoms with Crippen LogP contribution in [-0.2, 0) is 17.8 Å². The van der Waals surface area contributed by atoms with E-state index in [1.807, 2.05) is 0 Å². The molecule has 0 saturated heterocycles. The van der Waals surface area contributed by atoms with Gasteiger partial charge in [-0.15, -0.1) is 0 Å². The number of carboxylic acid groups (broad SMARTS) is 1. The predicted octanol–water partition coefficient (Wildman–Crippen LogP) is 3.72. The Morgan fingerprint density at radius 1 is 1.29 bits per heavy atom. The molecule has 0 spiro atoms. The molecule has 4 nitrogen and oxygen atoms in total. The second-order valence-electron chi connectivity index (χ2n) is 6.20. The van der Waals surface area contributed by atoms with Crippen molar-refractivity contribution in [2.75, 3.05) is 0 Å². The molecule has 4 heteroatoms. The van der Waals surface area contributed by atoms with Gasteiger partial charge in [-0.05, 0) is 49.4 Å². The van der Waals surface area contributed by atoms with Gasteiger partial charge < -0.3 is 9.67 Å². The normalized spacial score (nSPS) is 11.5. The summed E-state index contributed by atoms with van der Waals surface area (Å²) in [7, 11) is 0. The van der Waals surface area contributed by atoms with Crippen LogP contribution in [0.15, 0.2) is 12.1 Å². The summed E-state index contributed by atoms with van der Waals surface area (Å²) in [4.78, 5) is 15.5. The maximum atomic E-state index is 10.7. The minimum Gasteiger partial charge on any atom is -0.481 e.